The normalized spacial score (nSPS) is 12.8. The van der Waals surface area contributed by atoms with E-state index in [9.17, 15) is 5.11 Å². The number of aryl methyl sites for hydroxylation is 1. The lowest BCUT2D eigenvalue weighted by Gasteiger charge is -2.12. The first-order valence-corrected chi connectivity index (χ1v) is 7.08. The summed E-state index contributed by atoms with van der Waals surface area (Å²) in [5, 5.41) is 10.1. The molecule has 0 saturated carbocycles. The van der Waals surface area contributed by atoms with Gasteiger partial charge in [-0.1, -0.05) is 19.9 Å². The maximum atomic E-state index is 9.47. The molecule has 1 aromatic carbocycles. The number of rotatable bonds is 6. The Kier molecular flexibility index (Phi) is 5.86. The molecule has 1 N–H and O–H groups in total. The standard InChI is InChI=1S/C14H22O2S/c1-10(2)17-8-7-16-14-6-5-13(12(4)15)9-11(14)3/h5-6,9-10,12,15H,7-8H2,1-4H3/t12-/m0/s1. The van der Waals surface area contributed by atoms with Crippen LogP contribution in [0.4, 0.5) is 0 Å². The van der Waals surface area contributed by atoms with E-state index in [4.69, 9.17) is 4.74 Å². The number of benzene rings is 1. The Bertz CT molecular complexity index is 348. The Labute approximate surface area is 108 Å². The maximum Gasteiger partial charge on any atom is 0.122 e. The number of aliphatic hydroxyl groups excluding tert-OH is 1. The highest BCUT2D eigenvalue weighted by Gasteiger charge is 2.05. The van der Waals surface area contributed by atoms with E-state index in [-0.39, 0.29) is 0 Å². The smallest absolute Gasteiger partial charge is 0.122 e. The van der Waals surface area contributed by atoms with Crippen molar-refractivity contribution in [1.29, 1.82) is 0 Å². The first-order valence-electron chi connectivity index (χ1n) is 6.03. The molecule has 0 aliphatic rings. The predicted octanol–water partition coefficient (Wildman–Crippen LogP) is 3.57. The molecule has 0 saturated heterocycles. The van der Waals surface area contributed by atoms with E-state index in [0.717, 1.165) is 29.2 Å². The Balaban J connectivity index is 2.49. The van der Waals surface area contributed by atoms with Crippen molar-refractivity contribution in [2.24, 2.45) is 0 Å². The van der Waals surface area contributed by atoms with Gasteiger partial charge in [0.25, 0.3) is 0 Å². The van der Waals surface area contributed by atoms with Gasteiger partial charge in [0.05, 0.1) is 12.7 Å². The van der Waals surface area contributed by atoms with E-state index < -0.39 is 6.10 Å². The summed E-state index contributed by atoms with van der Waals surface area (Å²) in [6.45, 7) is 8.89. The second-order valence-corrected chi connectivity index (χ2v) is 6.15. The van der Waals surface area contributed by atoms with Gasteiger partial charge in [0, 0.05) is 5.75 Å². The van der Waals surface area contributed by atoms with Gasteiger partial charge in [0.2, 0.25) is 0 Å². The SMILES string of the molecule is Cc1cc([C@H](C)O)ccc1OCCSC(C)C. The largest absolute Gasteiger partial charge is 0.492 e. The van der Waals surface area contributed by atoms with Gasteiger partial charge in [-0.25, -0.2) is 0 Å². The van der Waals surface area contributed by atoms with Crippen molar-refractivity contribution < 1.29 is 9.84 Å². The monoisotopic (exact) mass is 254 g/mol. The van der Waals surface area contributed by atoms with Crippen molar-refractivity contribution >= 4 is 11.8 Å². The molecule has 0 aliphatic carbocycles. The van der Waals surface area contributed by atoms with Crippen LogP contribution in [0.15, 0.2) is 18.2 Å². The van der Waals surface area contributed by atoms with Gasteiger partial charge in [0.15, 0.2) is 0 Å². The van der Waals surface area contributed by atoms with E-state index in [1.54, 1.807) is 6.92 Å². The van der Waals surface area contributed by atoms with Crippen molar-refractivity contribution in [3.63, 3.8) is 0 Å². The van der Waals surface area contributed by atoms with E-state index in [0.29, 0.717) is 5.25 Å². The quantitative estimate of drug-likeness (QED) is 0.787. The summed E-state index contributed by atoms with van der Waals surface area (Å²) >= 11 is 1.90. The average molecular weight is 254 g/mol. The molecule has 3 heteroatoms. The minimum absolute atomic E-state index is 0.417. The van der Waals surface area contributed by atoms with E-state index >= 15 is 0 Å². The van der Waals surface area contributed by atoms with Crippen LogP contribution < -0.4 is 4.74 Å². The number of hydrogen-bond acceptors (Lipinski definition) is 3. The second-order valence-electron chi connectivity index (χ2n) is 4.47. The van der Waals surface area contributed by atoms with Crippen LogP contribution in [0.1, 0.15) is 38.0 Å². The molecule has 1 aromatic rings. The lowest BCUT2D eigenvalue weighted by molar-refractivity contribution is 0.199. The third kappa shape index (κ3) is 5.00. The third-order valence-electron chi connectivity index (χ3n) is 2.47. The zero-order valence-electron chi connectivity index (χ0n) is 11.1. The van der Waals surface area contributed by atoms with Gasteiger partial charge in [-0.2, -0.15) is 11.8 Å². The van der Waals surface area contributed by atoms with Gasteiger partial charge in [-0.05, 0) is 42.4 Å². The van der Waals surface area contributed by atoms with Crippen LogP contribution in [-0.2, 0) is 0 Å². The van der Waals surface area contributed by atoms with E-state index in [1.165, 1.54) is 0 Å². The highest BCUT2D eigenvalue weighted by molar-refractivity contribution is 7.99. The van der Waals surface area contributed by atoms with E-state index in [2.05, 4.69) is 13.8 Å². The summed E-state index contributed by atoms with van der Waals surface area (Å²) in [5.41, 5.74) is 2.02. The van der Waals surface area contributed by atoms with Crippen LogP contribution in [0.25, 0.3) is 0 Å². The molecule has 17 heavy (non-hydrogen) atoms. The molecule has 0 aromatic heterocycles. The summed E-state index contributed by atoms with van der Waals surface area (Å²) in [6.07, 6.45) is -0.417. The van der Waals surface area contributed by atoms with Crippen LogP contribution >= 0.6 is 11.8 Å². The lowest BCUT2D eigenvalue weighted by atomic mass is 10.1. The Hall–Kier alpha value is -0.670. The molecule has 0 radical (unpaired) electrons. The first kappa shape index (κ1) is 14.4. The molecular formula is C14H22O2S. The maximum absolute atomic E-state index is 9.47. The third-order valence-corrected chi connectivity index (χ3v) is 3.54. The summed E-state index contributed by atoms with van der Waals surface area (Å²) in [4.78, 5) is 0. The summed E-state index contributed by atoms with van der Waals surface area (Å²) in [6, 6.07) is 5.84. The molecular weight excluding hydrogens is 232 g/mol. The predicted molar refractivity (Wildman–Crippen MR) is 74.9 cm³/mol. The van der Waals surface area contributed by atoms with E-state index in [1.807, 2.05) is 36.9 Å². The van der Waals surface area contributed by atoms with Crippen LogP contribution in [0, 0.1) is 6.92 Å². The number of aliphatic hydroxyl groups is 1. The fourth-order valence-electron chi connectivity index (χ4n) is 1.53. The van der Waals surface area contributed by atoms with Crippen LogP contribution in [0.5, 0.6) is 5.75 Å². The Morgan fingerprint density at radius 1 is 1.29 bits per heavy atom. The summed E-state index contributed by atoms with van der Waals surface area (Å²) in [5.74, 6) is 1.92. The van der Waals surface area contributed by atoms with Crippen molar-refractivity contribution in [2.45, 2.75) is 39.0 Å². The fourth-order valence-corrected chi connectivity index (χ4v) is 2.18. The van der Waals surface area contributed by atoms with Gasteiger partial charge in [-0.15, -0.1) is 0 Å². The molecule has 0 amide bonds. The molecule has 0 aliphatic heterocycles. The van der Waals surface area contributed by atoms with Crippen LogP contribution in [-0.4, -0.2) is 22.7 Å². The fraction of sp³-hybridized carbons (Fsp3) is 0.571. The van der Waals surface area contributed by atoms with Gasteiger partial charge in [0.1, 0.15) is 5.75 Å². The molecule has 0 bridgehead atoms. The highest BCUT2D eigenvalue weighted by Crippen LogP contribution is 2.23. The molecule has 0 heterocycles. The highest BCUT2D eigenvalue weighted by atomic mass is 32.2. The van der Waals surface area contributed by atoms with Gasteiger partial charge < -0.3 is 9.84 Å². The molecule has 0 unspecified atom stereocenters. The Morgan fingerprint density at radius 2 is 2.00 bits per heavy atom. The van der Waals surface area contributed by atoms with Crippen LogP contribution in [0.2, 0.25) is 0 Å². The summed E-state index contributed by atoms with van der Waals surface area (Å²) in [7, 11) is 0. The van der Waals surface area contributed by atoms with Crippen molar-refractivity contribution in [1.82, 2.24) is 0 Å². The minimum Gasteiger partial charge on any atom is -0.492 e. The van der Waals surface area contributed by atoms with Crippen molar-refractivity contribution in [2.75, 3.05) is 12.4 Å². The number of ether oxygens (including phenoxy) is 1. The summed E-state index contributed by atoms with van der Waals surface area (Å²) < 4.78 is 5.72. The molecule has 1 rings (SSSR count). The van der Waals surface area contributed by atoms with Crippen molar-refractivity contribution in [3.8, 4) is 5.75 Å². The minimum atomic E-state index is -0.417. The number of hydrogen-bond donors (Lipinski definition) is 1. The zero-order chi connectivity index (χ0) is 12.8. The van der Waals surface area contributed by atoms with Gasteiger partial charge >= 0.3 is 0 Å². The molecule has 0 fully saturated rings. The molecule has 96 valence electrons. The zero-order valence-corrected chi connectivity index (χ0v) is 11.9. The lowest BCUT2D eigenvalue weighted by Crippen LogP contribution is -2.04. The second kappa shape index (κ2) is 6.92. The first-order chi connectivity index (χ1) is 8.00. The molecule has 2 nitrogen and oxygen atoms in total. The van der Waals surface area contributed by atoms with Gasteiger partial charge in [-0.3, -0.25) is 0 Å². The molecule has 0 spiro atoms. The Morgan fingerprint density at radius 3 is 2.53 bits per heavy atom. The molecule has 1 atom stereocenters. The topological polar surface area (TPSA) is 29.5 Å². The number of thioether (sulfide) groups is 1. The van der Waals surface area contributed by atoms with Crippen LogP contribution in [0.3, 0.4) is 0 Å². The average Bonchev–Trinajstić information content (AvgIpc) is 2.25. The van der Waals surface area contributed by atoms with Crippen molar-refractivity contribution in [3.05, 3.63) is 29.3 Å².